The Balaban J connectivity index is 1.69. The Morgan fingerprint density at radius 2 is 1.95 bits per heavy atom. The third-order valence-electron chi connectivity index (χ3n) is 2.98. The van der Waals surface area contributed by atoms with Gasteiger partial charge in [0.2, 0.25) is 0 Å². The molecule has 5 heteroatoms. The van der Waals surface area contributed by atoms with Crippen molar-refractivity contribution >= 4 is 0 Å². The third-order valence-corrected chi connectivity index (χ3v) is 2.98. The molecule has 0 unspecified atom stereocenters. The predicted octanol–water partition coefficient (Wildman–Crippen LogP) is 1.95. The van der Waals surface area contributed by atoms with E-state index in [4.69, 9.17) is 0 Å². The number of hydrogen-bond donors (Lipinski definition) is 1. The molecule has 0 atom stereocenters. The Morgan fingerprint density at radius 3 is 2.75 bits per heavy atom. The van der Waals surface area contributed by atoms with E-state index in [0.29, 0.717) is 6.54 Å². The van der Waals surface area contributed by atoms with Gasteiger partial charge in [-0.2, -0.15) is 5.10 Å². The summed E-state index contributed by atoms with van der Waals surface area (Å²) >= 11 is 0. The molecule has 0 amide bonds. The van der Waals surface area contributed by atoms with Crippen molar-refractivity contribution in [2.45, 2.75) is 13.1 Å². The Kier molecular flexibility index (Phi) is 3.80. The fourth-order valence-electron chi connectivity index (χ4n) is 2.04. The van der Waals surface area contributed by atoms with Crippen LogP contribution in [0.25, 0.3) is 5.69 Å². The predicted molar refractivity (Wildman–Crippen MR) is 76.1 cm³/mol. The van der Waals surface area contributed by atoms with Gasteiger partial charge in [0.05, 0.1) is 11.4 Å². The van der Waals surface area contributed by atoms with Gasteiger partial charge < -0.3 is 5.32 Å². The van der Waals surface area contributed by atoms with Gasteiger partial charge in [-0.1, -0.05) is 18.2 Å². The van der Waals surface area contributed by atoms with Gasteiger partial charge in [0.1, 0.15) is 0 Å². The molecule has 5 nitrogen and oxygen atoms in total. The molecule has 0 saturated heterocycles. The van der Waals surface area contributed by atoms with Crippen LogP contribution in [0, 0.1) is 0 Å². The number of nitrogens with zero attached hydrogens (tertiary/aromatic N) is 4. The first-order valence-electron chi connectivity index (χ1n) is 6.47. The molecule has 100 valence electrons. The summed E-state index contributed by atoms with van der Waals surface area (Å²) in [5.41, 5.74) is 3.22. The number of nitrogens with one attached hydrogen (secondary N) is 1. The van der Waals surface area contributed by atoms with Gasteiger partial charge in [0.15, 0.2) is 0 Å². The van der Waals surface area contributed by atoms with E-state index in [1.807, 2.05) is 29.1 Å². The van der Waals surface area contributed by atoms with Gasteiger partial charge in [-0.3, -0.25) is 9.97 Å². The van der Waals surface area contributed by atoms with E-state index in [-0.39, 0.29) is 0 Å². The Morgan fingerprint density at radius 1 is 1.00 bits per heavy atom. The van der Waals surface area contributed by atoms with Crippen molar-refractivity contribution in [2.75, 3.05) is 0 Å². The highest BCUT2D eigenvalue weighted by Crippen LogP contribution is 2.13. The van der Waals surface area contributed by atoms with Crippen LogP contribution in [0.15, 0.2) is 61.3 Å². The maximum absolute atomic E-state index is 4.28. The highest BCUT2D eigenvalue weighted by molar-refractivity contribution is 5.40. The fourth-order valence-corrected chi connectivity index (χ4v) is 2.04. The van der Waals surface area contributed by atoms with E-state index in [1.54, 1.807) is 24.8 Å². The highest BCUT2D eigenvalue weighted by atomic mass is 15.3. The van der Waals surface area contributed by atoms with Gasteiger partial charge in [0.25, 0.3) is 0 Å². The highest BCUT2D eigenvalue weighted by Gasteiger charge is 2.03. The molecule has 2 heterocycles. The lowest BCUT2D eigenvalue weighted by Gasteiger charge is -2.10. The number of benzene rings is 1. The average molecular weight is 265 g/mol. The van der Waals surface area contributed by atoms with Gasteiger partial charge in [-0.15, -0.1) is 0 Å². The van der Waals surface area contributed by atoms with Crippen LogP contribution in [0.2, 0.25) is 0 Å². The van der Waals surface area contributed by atoms with Gasteiger partial charge in [-0.25, -0.2) is 4.68 Å². The van der Waals surface area contributed by atoms with E-state index >= 15 is 0 Å². The number of para-hydroxylation sites is 1. The lowest BCUT2D eigenvalue weighted by molar-refractivity contribution is 0.671. The van der Waals surface area contributed by atoms with Crippen molar-refractivity contribution in [3.05, 3.63) is 72.6 Å². The van der Waals surface area contributed by atoms with Gasteiger partial charge in [-0.05, 0) is 17.7 Å². The van der Waals surface area contributed by atoms with Crippen LogP contribution >= 0.6 is 0 Å². The zero-order valence-electron chi connectivity index (χ0n) is 11.0. The molecule has 1 N–H and O–H groups in total. The summed E-state index contributed by atoms with van der Waals surface area (Å²) in [5.74, 6) is 0. The Hall–Kier alpha value is -2.53. The molecular formula is C15H15N5. The number of rotatable bonds is 5. The summed E-state index contributed by atoms with van der Waals surface area (Å²) in [7, 11) is 0. The molecule has 0 aliphatic carbocycles. The second-order valence-corrected chi connectivity index (χ2v) is 4.38. The SMILES string of the molecule is c1ccc(-n2cccn2)c(CNCc2cnccn2)c1. The molecule has 3 rings (SSSR count). The van der Waals surface area contributed by atoms with Crippen LogP contribution in [-0.2, 0) is 13.1 Å². The van der Waals surface area contributed by atoms with Crippen molar-refractivity contribution < 1.29 is 0 Å². The minimum Gasteiger partial charge on any atom is -0.307 e. The van der Waals surface area contributed by atoms with Crippen LogP contribution in [0.4, 0.5) is 0 Å². The molecule has 0 spiro atoms. The second kappa shape index (κ2) is 6.08. The van der Waals surface area contributed by atoms with Crippen molar-refractivity contribution in [1.29, 1.82) is 0 Å². The molecule has 0 saturated carbocycles. The number of aromatic nitrogens is 4. The lowest BCUT2D eigenvalue weighted by atomic mass is 10.2. The van der Waals surface area contributed by atoms with Crippen LogP contribution in [-0.4, -0.2) is 19.7 Å². The molecule has 3 aromatic rings. The van der Waals surface area contributed by atoms with E-state index in [1.165, 1.54) is 5.56 Å². The van der Waals surface area contributed by atoms with Crippen LogP contribution < -0.4 is 5.32 Å². The van der Waals surface area contributed by atoms with Crippen molar-refractivity contribution in [3.8, 4) is 5.69 Å². The summed E-state index contributed by atoms with van der Waals surface area (Å²) in [4.78, 5) is 8.29. The molecule has 0 aliphatic heterocycles. The zero-order valence-corrected chi connectivity index (χ0v) is 11.0. The first-order valence-corrected chi connectivity index (χ1v) is 6.47. The van der Waals surface area contributed by atoms with Crippen molar-refractivity contribution in [2.24, 2.45) is 0 Å². The van der Waals surface area contributed by atoms with Crippen LogP contribution in [0.1, 0.15) is 11.3 Å². The maximum Gasteiger partial charge on any atom is 0.0724 e. The van der Waals surface area contributed by atoms with E-state index < -0.39 is 0 Å². The van der Waals surface area contributed by atoms with Crippen LogP contribution in [0.5, 0.6) is 0 Å². The molecule has 20 heavy (non-hydrogen) atoms. The minimum absolute atomic E-state index is 0.696. The summed E-state index contributed by atoms with van der Waals surface area (Å²) in [6.07, 6.45) is 8.88. The zero-order chi connectivity index (χ0) is 13.6. The molecular weight excluding hydrogens is 250 g/mol. The Labute approximate surface area is 117 Å². The third kappa shape index (κ3) is 2.89. The quantitative estimate of drug-likeness (QED) is 0.766. The topological polar surface area (TPSA) is 55.6 Å². The normalized spacial score (nSPS) is 10.6. The van der Waals surface area contributed by atoms with Crippen LogP contribution in [0.3, 0.4) is 0 Å². The van der Waals surface area contributed by atoms with Gasteiger partial charge in [0, 0.05) is 44.1 Å². The molecule has 0 aliphatic rings. The lowest BCUT2D eigenvalue weighted by Crippen LogP contribution is -2.15. The first kappa shape index (κ1) is 12.5. The largest absolute Gasteiger partial charge is 0.307 e. The average Bonchev–Trinajstić information content (AvgIpc) is 3.03. The fraction of sp³-hybridized carbons (Fsp3) is 0.133. The maximum atomic E-state index is 4.28. The molecule has 2 aromatic heterocycles. The summed E-state index contributed by atoms with van der Waals surface area (Å²) in [5, 5.41) is 7.66. The van der Waals surface area contributed by atoms with Crippen molar-refractivity contribution in [1.82, 2.24) is 25.1 Å². The Bertz CT molecular complexity index is 649. The second-order valence-electron chi connectivity index (χ2n) is 4.38. The molecule has 0 radical (unpaired) electrons. The molecule has 1 aromatic carbocycles. The summed E-state index contributed by atoms with van der Waals surface area (Å²) in [6, 6.07) is 10.1. The van der Waals surface area contributed by atoms with Gasteiger partial charge >= 0.3 is 0 Å². The molecule has 0 bridgehead atoms. The summed E-state index contributed by atoms with van der Waals surface area (Å²) in [6.45, 7) is 1.45. The first-order chi connectivity index (χ1) is 9.93. The molecule has 0 fully saturated rings. The monoisotopic (exact) mass is 265 g/mol. The van der Waals surface area contributed by atoms with E-state index in [2.05, 4.69) is 32.5 Å². The smallest absolute Gasteiger partial charge is 0.0724 e. The minimum atomic E-state index is 0.696. The van der Waals surface area contributed by atoms with E-state index in [0.717, 1.165) is 17.9 Å². The number of hydrogen-bond acceptors (Lipinski definition) is 4. The van der Waals surface area contributed by atoms with Crippen molar-refractivity contribution in [3.63, 3.8) is 0 Å². The summed E-state index contributed by atoms with van der Waals surface area (Å²) < 4.78 is 1.87. The van der Waals surface area contributed by atoms with E-state index in [9.17, 15) is 0 Å². The standard InChI is InChI=1S/C15H15N5/c1-2-5-15(20-9-3-6-19-20)13(4-1)10-17-12-14-11-16-7-8-18-14/h1-9,11,17H,10,12H2.